The highest BCUT2D eigenvalue weighted by molar-refractivity contribution is 5.82. The lowest BCUT2D eigenvalue weighted by atomic mass is 9.99. The van der Waals surface area contributed by atoms with E-state index in [1.54, 1.807) is 31.4 Å². The van der Waals surface area contributed by atoms with Crippen molar-refractivity contribution in [2.45, 2.75) is 25.9 Å². The smallest absolute Gasteiger partial charge is 0.253 e. The second kappa shape index (κ2) is 8.15. The molecule has 0 radical (unpaired) electrons. The van der Waals surface area contributed by atoms with Gasteiger partial charge in [-0.1, -0.05) is 19.1 Å². The number of nitrogens with zero attached hydrogens (tertiary/aromatic N) is 1. The summed E-state index contributed by atoms with van der Waals surface area (Å²) in [4.78, 5) is 14.4. The van der Waals surface area contributed by atoms with Crippen molar-refractivity contribution in [3.63, 3.8) is 0 Å². The summed E-state index contributed by atoms with van der Waals surface area (Å²) in [5.41, 5.74) is 0.545. The SMILES string of the molecule is COc1cccc(C(O)C(=O)NCCN2CCC(C)CC2)c1. The van der Waals surface area contributed by atoms with Crippen molar-refractivity contribution in [2.24, 2.45) is 5.92 Å². The lowest BCUT2D eigenvalue weighted by molar-refractivity contribution is -0.129. The summed E-state index contributed by atoms with van der Waals surface area (Å²) in [6.07, 6.45) is 1.29. The van der Waals surface area contributed by atoms with Gasteiger partial charge in [0, 0.05) is 13.1 Å². The minimum atomic E-state index is -1.16. The maximum atomic E-state index is 12.0. The molecule has 122 valence electrons. The van der Waals surface area contributed by atoms with E-state index in [0.29, 0.717) is 17.9 Å². The summed E-state index contributed by atoms with van der Waals surface area (Å²) >= 11 is 0. The van der Waals surface area contributed by atoms with Gasteiger partial charge < -0.3 is 20.1 Å². The molecule has 1 aromatic carbocycles. The maximum Gasteiger partial charge on any atom is 0.253 e. The normalized spacial score (nSPS) is 18.0. The summed E-state index contributed by atoms with van der Waals surface area (Å²) in [5, 5.41) is 12.9. The zero-order chi connectivity index (χ0) is 15.9. The number of methoxy groups -OCH3 is 1. The number of amides is 1. The molecule has 1 aliphatic heterocycles. The van der Waals surface area contributed by atoms with Gasteiger partial charge in [0.15, 0.2) is 6.10 Å². The third-order valence-corrected chi connectivity index (χ3v) is 4.26. The molecule has 1 amide bonds. The molecule has 2 N–H and O–H groups in total. The highest BCUT2D eigenvalue weighted by Gasteiger charge is 2.19. The highest BCUT2D eigenvalue weighted by atomic mass is 16.5. The molecule has 1 fully saturated rings. The van der Waals surface area contributed by atoms with Gasteiger partial charge in [-0.05, 0) is 49.5 Å². The Kier molecular flexibility index (Phi) is 6.21. The number of hydrogen-bond acceptors (Lipinski definition) is 4. The fourth-order valence-corrected chi connectivity index (χ4v) is 2.68. The highest BCUT2D eigenvalue weighted by Crippen LogP contribution is 2.19. The molecule has 1 unspecified atom stereocenters. The molecule has 5 heteroatoms. The third kappa shape index (κ3) is 4.71. The van der Waals surface area contributed by atoms with Crippen LogP contribution in [0, 0.1) is 5.92 Å². The van der Waals surface area contributed by atoms with Crippen molar-refractivity contribution in [2.75, 3.05) is 33.3 Å². The molecule has 1 atom stereocenters. The first-order chi connectivity index (χ1) is 10.6. The number of hydrogen-bond donors (Lipinski definition) is 2. The molecular weight excluding hydrogens is 280 g/mol. The van der Waals surface area contributed by atoms with Crippen molar-refractivity contribution >= 4 is 5.91 Å². The monoisotopic (exact) mass is 306 g/mol. The van der Waals surface area contributed by atoms with Crippen LogP contribution in [0.3, 0.4) is 0 Å². The first kappa shape index (κ1) is 16.8. The summed E-state index contributed by atoms with van der Waals surface area (Å²) in [6, 6.07) is 6.94. The molecule has 1 saturated heterocycles. The fourth-order valence-electron chi connectivity index (χ4n) is 2.68. The van der Waals surface area contributed by atoms with Gasteiger partial charge in [-0.25, -0.2) is 0 Å². The van der Waals surface area contributed by atoms with E-state index < -0.39 is 6.10 Å². The van der Waals surface area contributed by atoms with Crippen LogP contribution in [0.15, 0.2) is 24.3 Å². The Hall–Kier alpha value is -1.59. The number of likely N-dealkylation sites (tertiary alicyclic amines) is 1. The molecule has 0 spiro atoms. The Morgan fingerprint density at radius 2 is 2.18 bits per heavy atom. The maximum absolute atomic E-state index is 12.0. The Bertz CT molecular complexity index is 485. The first-order valence-corrected chi connectivity index (χ1v) is 7.92. The van der Waals surface area contributed by atoms with Crippen LogP contribution in [0.4, 0.5) is 0 Å². The minimum Gasteiger partial charge on any atom is -0.497 e. The number of aliphatic hydroxyl groups is 1. The molecule has 1 heterocycles. The quantitative estimate of drug-likeness (QED) is 0.837. The van der Waals surface area contributed by atoms with E-state index in [1.807, 2.05) is 0 Å². The zero-order valence-electron chi connectivity index (χ0n) is 13.4. The average Bonchev–Trinajstić information content (AvgIpc) is 2.56. The number of benzene rings is 1. The summed E-state index contributed by atoms with van der Waals surface area (Å²) in [5.74, 6) is 1.08. The predicted molar refractivity (Wildman–Crippen MR) is 85.8 cm³/mol. The van der Waals surface area contributed by atoms with E-state index in [0.717, 1.165) is 25.6 Å². The largest absolute Gasteiger partial charge is 0.497 e. The van der Waals surface area contributed by atoms with Gasteiger partial charge in [0.2, 0.25) is 0 Å². The van der Waals surface area contributed by atoms with E-state index in [-0.39, 0.29) is 5.91 Å². The van der Waals surface area contributed by atoms with Crippen LogP contribution in [-0.2, 0) is 4.79 Å². The van der Waals surface area contributed by atoms with Crippen LogP contribution in [0.5, 0.6) is 5.75 Å². The lowest BCUT2D eigenvalue weighted by Crippen LogP contribution is -2.40. The summed E-state index contributed by atoms with van der Waals surface area (Å²) in [7, 11) is 1.56. The van der Waals surface area contributed by atoms with E-state index in [9.17, 15) is 9.90 Å². The van der Waals surface area contributed by atoms with Crippen molar-refractivity contribution in [1.29, 1.82) is 0 Å². The van der Waals surface area contributed by atoms with Gasteiger partial charge in [0.25, 0.3) is 5.91 Å². The van der Waals surface area contributed by atoms with Gasteiger partial charge in [-0.3, -0.25) is 4.79 Å². The van der Waals surface area contributed by atoms with Crippen LogP contribution in [0.25, 0.3) is 0 Å². The fraction of sp³-hybridized carbons (Fsp3) is 0.588. The van der Waals surface area contributed by atoms with Gasteiger partial charge in [0.05, 0.1) is 7.11 Å². The molecule has 0 aliphatic carbocycles. The second-order valence-corrected chi connectivity index (χ2v) is 5.99. The Morgan fingerprint density at radius 3 is 2.86 bits per heavy atom. The van der Waals surface area contributed by atoms with Gasteiger partial charge in [-0.2, -0.15) is 0 Å². The summed E-state index contributed by atoms with van der Waals surface area (Å²) in [6.45, 7) is 5.87. The molecule has 1 aliphatic rings. The van der Waals surface area contributed by atoms with E-state index in [2.05, 4.69) is 17.1 Å². The molecule has 0 aromatic heterocycles. The molecule has 0 bridgehead atoms. The van der Waals surface area contributed by atoms with Crippen molar-refractivity contribution in [1.82, 2.24) is 10.2 Å². The number of aliphatic hydroxyl groups excluding tert-OH is 1. The summed E-state index contributed by atoms with van der Waals surface area (Å²) < 4.78 is 5.10. The second-order valence-electron chi connectivity index (χ2n) is 5.99. The van der Waals surface area contributed by atoms with Gasteiger partial charge >= 0.3 is 0 Å². The van der Waals surface area contributed by atoms with Gasteiger partial charge in [-0.15, -0.1) is 0 Å². The first-order valence-electron chi connectivity index (χ1n) is 7.92. The zero-order valence-corrected chi connectivity index (χ0v) is 13.4. The van der Waals surface area contributed by atoms with E-state index >= 15 is 0 Å². The number of nitrogens with one attached hydrogen (secondary N) is 1. The number of rotatable bonds is 6. The van der Waals surface area contributed by atoms with E-state index in [1.165, 1.54) is 12.8 Å². The van der Waals surface area contributed by atoms with Crippen LogP contribution in [-0.4, -0.2) is 49.2 Å². The molecular formula is C17H26N2O3. The van der Waals surface area contributed by atoms with Crippen molar-refractivity contribution in [3.8, 4) is 5.75 Å². The van der Waals surface area contributed by atoms with E-state index in [4.69, 9.17) is 4.74 Å². The van der Waals surface area contributed by atoms with Crippen LogP contribution in [0.1, 0.15) is 31.4 Å². The van der Waals surface area contributed by atoms with Crippen molar-refractivity contribution < 1.29 is 14.6 Å². The topological polar surface area (TPSA) is 61.8 Å². The van der Waals surface area contributed by atoms with Crippen LogP contribution < -0.4 is 10.1 Å². The standard InChI is InChI=1S/C17H26N2O3/c1-13-6-9-19(10-7-13)11-8-18-17(21)16(20)14-4-3-5-15(12-14)22-2/h3-5,12-13,16,20H,6-11H2,1-2H3,(H,18,21). The number of carbonyl (C=O) groups is 1. The Balaban J connectivity index is 1.76. The Morgan fingerprint density at radius 1 is 1.45 bits per heavy atom. The predicted octanol–water partition coefficient (Wildman–Crippen LogP) is 1.58. The lowest BCUT2D eigenvalue weighted by Gasteiger charge is -2.30. The van der Waals surface area contributed by atoms with Crippen molar-refractivity contribution in [3.05, 3.63) is 29.8 Å². The van der Waals surface area contributed by atoms with Crippen LogP contribution >= 0.6 is 0 Å². The average molecular weight is 306 g/mol. The molecule has 5 nitrogen and oxygen atoms in total. The number of piperidine rings is 1. The Labute approximate surface area is 132 Å². The number of carbonyl (C=O) groups excluding carboxylic acids is 1. The molecule has 22 heavy (non-hydrogen) atoms. The molecule has 1 aromatic rings. The van der Waals surface area contributed by atoms with Crippen LogP contribution in [0.2, 0.25) is 0 Å². The molecule has 0 saturated carbocycles. The molecule has 2 rings (SSSR count). The third-order valence-electron chi connectivity index (χ3n) is 4.26. The minimum absolute atomic E-state index is 0.362. The number of ether oxygens (including phenoxy) is 1. The van der Waals surface area contributed by atoms with Gasteiger partial charge in [0.1, 0.15) is 5.75 Å².